The highest BCUT2D eigenvalue weighted by Gasteiger charge is 2.11. The Morgan fingerprint density at radius 2 is 1.85 bits per heavy atom. The molecule has 106 valence electrons. The molecule has 0 fully saturated rings. The van der Waals surface area contributed by atoms with Crippen LogP contribution in [0.25, 0.3) is 0 Å². The fourth-order valence-electron chi connectivity index (χ4n) is 1.88. The Morgan fingerprint density at radius 1 is 1.15 bits per heavy atom. The summed E-state index contributed by atoms with van der Waals surface area (Å²) < 4.78 is 7.07. The fourth-order valence-corrected chi connectivity index (χ4v) is 2.66. The maximum atomic E-state index is 6.02. The maximum absolute atomic E-state index is 6.02. The Hall–Kier alpha value is -0.970. The maximum Gasteiger partial charge on any atom is 0.132 e. The van der Waals surface area contributed by atoms with Gasteiger partial charge in [-0.05, 0) is 62.7 Å². The van der Waals surface area contributed by atoms with Gasteiger partial charge < -0.3 is 10.1 Å². The van der Waals surface area contributed by atoms with E-state index in [0.717, 1.165) is 21.5 Å². The second-order valence-electron chi connectivity index (χ2n) is 4.47. The number of hydrogen-bond acceptors (Lipinski definition) is 3. The van der Waals surface area contributed by atoms with Gasteiger partial charge in [-0.1, -0.05) is 15.9 Å². The average Bonchev–Trinajstić information content (AvgIpc) is 2.49. The monoisotopic (exact) mass is 351 g/mol. The molecule has 20 heavy (non-hydrogen) atoms. The minimum atomic E-state index is 0.230. The Labute approximate surface area is 133 Å². The van der Waals surface area contributed by atoms with Crippen molar-refractivity contribution in [1.82, 2.24) is 5.32 Å². The number of hydrogen-bond donors (Lipinski definition) is 1. The first kappa shape index (κ1) is 15.4. The van der Waals surface area contributed by atoms with Gasteiger partial charge in [0.15, 0.2) is 0 Å². The van der Waals surface area contributed by atoms with Crippen LogP contribution in [0.5, 0.6) is 11.5 Å². The fraction of sp³-hybridized carbons (Fsp3) is 0.250. The first-order chi connectivity index (χ1) is 9.63. The summed E-state index contributed by atoms with van der Waals surface area (Å²) in [4.78, 5) is 1.23. The van der Waals surface area contributed by atoms with Crippen molar-refractivity contribution in [2.45, 2.75) is 17.9 Å². The molecule has 0 heterocycles. The molecule has 0 spiro atoms. The number of benzene rings is 2. The van der Waals surface area contributed by atoms with Crippen LogP contribution in [-0.4, -0.2) is 13.3 Å². The molecule has 1 atom stereocenters. The molecule has 0 radical (unpaired) electrons. The molecule has 2 aromatic carbocycles. The first-order valence-corrected chi connectivity index (χ1v) is 8.44. The van der Waals surface area contributed by atoms with E-state index in [-0.39, 0.29) is 6.04 Å². The Bertz CT molecular complexity index is 571. The van der Waals surface area contributed by atoms with E-state index in [1.807, 2.05) is 31.3 Å². The van der Waals surface area contributed by atoms with Crippen LogP contribution in [-0.2, 0) is 0 Å². The van der Waals surface area contributed by atoms with Gasteiger partial charge in [0.25, 0.3) is 0 Å². The SMILES string of the molecule is CNC(C)c1cc(Br)ccc1Oc1ccc(SC)cc1. The predicted octanol–water partition coefficient (Wildman–Crippen LogP) is 5.24. The zero-order valence-electron chi connectivity index (χ0n) is 11.8. The molecule has 0 amide bonds. The molecule has 1 N–H and O–H groups in total. The highest BCUT2D eigenvalue weighted by Crippen LogP contribution is 2.32. The number of ether oxygens (including phenoxy) is 1. The Balaban J connectivity index is 2.27. The molecule has 2 aromatic rings. The van der Waals surface area contributed by atoms with Crippen LogP contribution in [0.3, 0.4) is 0 Å². The predicted molar refractivity (Wildman–Crippen MR) is 89.9 cm³/mol. The summed E-state index contributed by atoms with van der Waals surface area (Å²) in [5.74, 6) is 1.74. The molecular formula is C16H18BrNOS. The average molecular weight is 352 g/mol. The van der Waals surface area contributed by atoms with E-state index in [1.165, 1.54) is 4.90 Å². The van der Waals surface area contributed by atoms with Gasteiger partial charge in [0.1, 0.15) is 11.5 Å². The van der Waals surface area contributed by atoms with Crippen molar-refractivity contribution in [3.8, 4) is 11.5 Å². The molecule has 2 nitrogen and oxygen atoms in total. The normalized spacial score (nSPS) is 12.2. The number of nitrogens with one attached hydrogen (secondary N) is 1. The smallest absolute Gasteiger partial charge is 0.132 e. The van der Waals surface area contributed by atoms with E-state index in [2.05, 4.69) is 52.6 Å². The van der Waals surface area contributed by atoms with Crippen LogP contribution in [0, 0.1) is 0 Å². The highest BCUT2D eigenvalue weighted by atomic mass is 79.9. The lowest BCUT2D eigenvalue weighted by Gasteiger charge is -2.17. The van der Waals surface area contributed by atoms with Gasteiger partial charge >= 0.3 is 0 Å². The van der Waals surface area contributed by atoms with Crippen molar-refractivity contribution < 1.29 is 4.74 Å². The molecule has 0 bridgehead atoms. The zero-order valence-corrected chi connectivity index (χ0v) is 14.2. The summed E-state index contributed by atoms with van der Waals surface area (Å²) in [5, 5.41) is 3.25. The van der Waals surface area contributed by atoms with Crippen LogP contribution >= 0.6 is 27.7 Å². The second-order valence-corrected chi connectivity index (χ2v) is 6.27. The summed E-state index contributed by atoms with van der Waals surface area (Å²) >= 11 is 5.24. The van der Waals surface area contributed by atoms with E-state index in [1.54, 1.807) is 11.8 Å². The first-order valence-electron chi connectivity index (χ1n) is 6.42. The van der Waals surface area contributed by atoms with Crippen molar-refractivity contribution >= 4 is 27.7 Å². The van der Waals surface area contributed by atoms with Crippen molar-refractivity contribution in [2.24, 2.45) is 0 Å². The lowest BCUT2D eigenvalue weighted by molar-refractivity contribution is 0.466. The summed E-state index contributed by atoms with van der Waals surface area (Å²) in [6, 6.07) is 14.5. The third-order valence-electron chi connectivity index (χ3n) is 3.16. The van der Waals surface area contributed by atoms with Gasteiger partial charge in [-0.15, -0.1) is 11.8 Å². The van der Waals surface area contributed by atoms with Crippen LogP contribution in [0.1, 0.15) is 18.5 Å². The molecule has 0 saturated heterocycles. The van der Waals surface area contributed by atoms with Gasteiger partial charge in [-0.2, -0.15) is 0 Å². The van der Waals surface area contributed by atoms with Crippen LogP contribution in [0.4, 0.5) is 0 Å². The highest BCUT2D eigenvalue weighted by molar-refractivity contribution is 9.10. The minimum absolute atomic E-state index is 0.230. The molecule has 0 aliphatic rings. The Kier molecular flexibility index (Phi) is 5.52. The molecule has 2 rings (SSSR count). The van der Waals surface area contributed by atoms with Gasteiger partial charge in [-0.3, -0.25) is 0 Å². The third kappa shape index (κ3) is 3.78. The number of rotatable bonds is 5. The number of halogens is 1. The summed E-state index contributed by atoms with van der Waals surface area (Å²) in [6.07, 6.45) is 2.07. The molecule has 0 aromatic heterocycles. The second kappa shape index (κ2) is 7.16. The van der Waals surface area contributed by atoms with Gasteiger partial charge in [0.2, 0.25) is 0 Å². The molecule has 0 aliphatic carbocycles. The van der Waals surface area contributed by atoms with Crippen LogP contribution in [0.2, 0.25) is 0 Å². The van der Waals surface area contributed by atoms with Crippen LogP contribution in [0.15, 0.2) is 51.8 Å². The molecule has 0 aliphatic heterocycles. The van der Waals surface area contributed by atoms with Crippen molar-refractivity contribution in [2.75, 3.05) is 13.3 Å². The van der Waals surface area contributed by atoms with Crippen molar-refractivity contribution in [3.63, 3.8) is 0 Å². The topological polar surface area (TPSA) is 21.3 Å². The van der Waals surface area contributed by atoms with E-state index < -0.39 is 0 Å². The van der Waals surface area contributed by atoms with Crippen LogP contribution < -0.4 is 10.1 Å². The molecular weight excluding hydrogens is 334 g/mol. The minimum Gasteiger partial charge on any atom is -0.457 e. The zero-order chi connectivity index (χ0) is 14.5. The summed E-state index contributed by atoms with van der Waals surface area (Å²) in [5.41, 5.74) is 1.14. The van der Waals surface area contributed by atoms with E-state index in [0.29, 0.717) is 0 Å². The molecule has 4 heteroatoms. The molecule has 0 saturated carbocycles. The van der Waals surface area contributed by atoms with Gasteiger partial charge in [0, 0.05) is 21.0 Å². The van der Waals surface area contributed by atoms with E-state index in [4.69, 9.17) is 4.74 Å². The summed E-state index contributed by atoms with van der Waals surface area (Å²) in [7, 11) is 1.95. The van der Waals surface area contributed by atoms with Crippen molar-refractivity contribution in [3.05, 3.63) is 52.5 Å². The quantitative estimate of drug-likeness (QED) is 0.743. The third-order valence-corrected chi connectivity index (χ3v) is 4.40. The van der Waals surface area contributed by atoms with E-state index >= 15 is 0 Å². The summed E-state index contributed by atoms with van der Waals surface area (Å²) in [6.45, 7) is 2.12. The van der Waals surface area contributed by atoms with Gasteiger partial charge in [0.05, 0.1) is 0 Å². The van der Waals surface area contributed by atoms with E-state index in [9.17, 15) is 0 Å². The van der Waals surface area contributed by atoms with Crippen molar-refractivity contribution in [1.29, 1.82) is 0 Å². The Morgan fingerprint density at radius 3 is 2.45 bits per heavy atom. The van der Waals surface area contributed by atoms with Gasteiger partial charge in [-0.25, -0.2) is 0 Å². The standard InChI is InChI=1S/C16H18BrNOS/c1-11(18-2)15-10-12(17)4-9-16(15)19-13-5-7-14(20-3)8-6-13/h4-11,18H,1-3H3. The number of thioether (sulfide) groups is 1. The largest absolute Gasteiger partial charge is 0.457 e. The lowest BCUT2D eigenvalue weighted by atomic mass is 10.1. The molecule has 1 unspecified atom stereocenters. The lowest BCUT2D eigenvalue weighted by Crippen LogP contribution is -2.13.